The molecule has 0 unspecified atom stereocenters. The highest BCUT2D eigenvalue weighted by atomic mass is 15.2. The molecule has 1 aromatic heterocycles. The molecule has 4 heteroatoms. The maximum absolute atomic E-state index is 4.75. The van der Waals surface area contributed by atoms with E-state index in [0.717, 1.165) is 19.6 Å². The van der Waals surface area contributed by atoms with E-state index in [9.17, 15) is 0 Å². The molecule has 1 N–H and O–H groups in total. The number of hydrogen-bond acceptors (Lipinski definition) is 3. The molecule has 17 heavy (non-hydrogen) atoms. The van der Waals surface area contributed by atoms with Crippen LogP contribution in [0.25, 0.3) is 0 Å². The predicted octanol–water partition coefficient (Wildman–Crippen LogP) is 1.49. The summed E-state index contributed by atoms with van der Waals surface area (Å²) in [6, 6.07) is 0.463. The van der Waals surface area contributed by atoms with Crippen molar-refractivity contribution in [3.05, 3.63) is 17.2 Å². The van der Waals surface area contributed by atoms with E-state index in [4.69, 9.17) is 4.98 Å². The van der Waals surface area contributed by atoms with Crippen LogP contribution < -0.4 is 5.32 Å². The van der Waals surface area contributed by atoms with Crippen LogP contribution in [-0.4, -0.2) is 41.6 Å². The normalized spacial score (nSPS) is 20.4. The minimum absolute atomic E-state index is 0.463. The first kappa shape index (κ1) is 12.6. The fourth-order valence-electron chi connectivity index (χ4n) is 2.43. The van der Waals surface area contributed by atoms with Crippen LogP contribution in [0.3, 0.4) is 0 Å². The lowest BCUT2D eigenvalue weighted by atomic mass is 10.2. The number of hydrogen-bond donors (Lipinski definition) is 1. The number of imidazole rings is 1. The van der Waals surface area contributed by atoms with Crippen molar-refractivity contribution < 1.29 is 0 Å². The molecular formula is C13H24N4. The molecule has 0 spiro atoms. The fourth-order valence-corrected chi connectivity index (χ4v) is 2.43. The molecule has 0 aliphatic carbocycles. The second kappa shape index (κ2) is 5.19. The van der Waals surface area contributed by atoms with Crippen LogP contribution in [0.2, 0.25) is 0 Å². The number of nitrogens with one attached hydrogen (secondary N) is 1. The van der Waals surface area contributed by atoms with Crippen molar-refractivity contribution in [2.24, 2.45) is 0 Å². The van der Waals surface area contributed by atoms with E-state index in [2.05, 4.69) is 42.7 Å². The third-order valence-corrected chi connectivity index (χ3v) is 3.63. The Morgan fingerprint density at radius 3 is 2.76 bits per heavy atom. The fraction of sp³-hybridized carbons (Fsp3) is 0.769. The van der Waals surface area contributed by atoms with Gasteiger partial charge in [0, 0.05) is 18.8 Å². The SMILES string of the molecule is Cc1nc([C@@H]2CCCN2)n(CCN(C)C)c1C. The molecule has 2 heterocycles. The average molecular weight is 236 g/mol. The molecule has 1 atom stereocenters. The Morgan fingerprint density at radius 1 is 1.41 bits per heavy atom. The van der Waals surface area contributed by atoms with Crippen molar-refractivity contribution in [2.45, 2.75) is 39.3 Å². The lowest BCUT2D eigenvalue weighted by Gasteiger charge is -2.17. The largest absolute Gasteiger partial charge is 0.329 e. The molecule has 0 radical (unpaired) electrons. The Bertz CT molecular complexity index is 375. The average Bonchev–Trinajstić information content (AvgIpc) is 2.87. The van der Waals surface area contributed by atoms with Gasteiger partial charge in [-0.2, -0.15) is 0 Å². The highest BCUT2D eigenvalue weighted by Crippen LogP contribution is 2.24. The third-order valence-electron chi connectivity index (χ3n) is 3.63. The van der Waals surface area contributed by atoms with Crippen molar-refractivity contribution >= 4 is 0 Å². The second-order valence-electron chi connectivity index (χ2n) is 5.24. The molecule has 1 aromatic rings. The van der Waals surface area contributed by atoms with Crippen LogP contribution in [0.5, 0.6) is 0 Å². The van der Waals surface area contributed by atoms with E-state index < -0.39 is 0 Å². The van der Waals surface area contributed by atoms with Gasteiger partial charge in [0.05, 0.1) is 11.7 Å². The second-order valence-corrected chi connectivity index (χ2v) is 5.24. The quantitative estimate of drug-likeness (QED) is 0.860. The molecule has 0 bridgehead atoms. The summed E-state index contributed by atoms with van der Waals surface area (Å²) >= 11 is 0. The van der Waals surface area contributed by atoms with E-state index in [0.29, 0.717) is 6.04 Å². The van der Waals surface area contributed by atoms with Gasteiger partial charge in [-0.25, -0.2) is 4.98 Å². The number of nitrogens with zero attached hydrogens (tertiary/aromatic N) is 3. The number of aryl methyl sites for hydroxylation is 1. The Hall–Kier alpha value is -0.870. The molecule has 2 rings (SSSR count). The molecule has 0 amide bonds. The maximum Gasteiger partial charge on any atom is 0.126 e. The van der Waals surface area contributed by atoms with Gasteiger partial charge in [-0.1, -0.05) is 0 Å². The first-order valence-electron chi connectivity index (χ1n) is 6.51. The molecular weight excluding hydrogens is 212 g/mol. The minimum Gasteiger partial charge on any atom is -0.329 e. The smallest absolute Gasteiger partial charge is 0.126 e. The van der Waals surface area contributed by atoms with Crippen LogP contribution in [0.4, 0.5) is 0 Å². The van der Waals surface area contributed by atoms with E-state index in [-0.39, 0.29) is 0 Å². The van der Waals surface area contributed by atoms with E-state index in [1.54, 1.807) is 0 Å². The molecule has 0 saturated carbocycles. The Balaban J connectivity index is 2.21. The van der Waals surface area contributed by atoms with Crippen LogP contribution in [0, 0.1) is 13.8 Å². The first-order chi connectivity index (χ1) is 8.09. The summed E-state index contributed by atoms with van der Waals surface area (Å²) in [6.45, 7) is 7.52. The Labute approximate surface area is 104 Å². The summed E-state index contributed by atoms with van der Waals surface area (Å²) in [5, 5.41) is 3.54. The van der Waals surface area contributed by atoms with Crippen LogP contribution in [-0.2, 0) is 6.54 Å². The first-order valence-corrected chi connectivity index (χ1v) is 6.51. The van der Waals surface area contributed by atoms with Crippen molar-refractivity contribution in [2.75, 3.05) is 27.2 Å². The van der Waals surface area contributed by atoms with Gasteiger partial charge in [0.15, 0.2) is 0 Å². The molecule has 1 saturated heterocycles. The van der Waals surface area contributed by atoms with Gasteiger partial charge in [-0.3, -0.25) is 0 Å². The number of likely N-dealkylation sites (N-methyl/N-ethyl adjacent to an activating group) is 1. The molecule has 1 aliphatic heterocycles. The standard InChI is InChI=1S/C13H24N4/c1-10-11(2)17(9-8-16(3)4)13(15-10)12-6-5-7-14-12/h12,14H,5-9H2,1-4H3/t12-/m0/s1. The topological polar surface area (TPSA) is 33.1 Å². The highest BCUT2D eigenvalue weighted by Gasteiger charge is 2.23. The molecule has 4 nitrogen and oxygen atoms in total. The Kier molecular flexibility index (Phi) is 3.84. The van der Waals surface area contributed by atoms with Gasteiger partial charge >= 0.3 is 0 Å². The summed E-state index contributed by atoms with van der Waals surface area (Å²) in [4.78, 5) is 6.97. The monoisotopic (exact) mass is 236 g/mol. The van der Waals surface area contributed by atoms with Crippen LogP contribution in [0.15, 0.2) is 0 Å². The molecule has 0 aromatic carbocycles. The maximum atomic E-state index is 4.75. The summed E-state index contributed by atoms with van der Waals surface area (Å²) < 4.78 is 2.39. The van der Waals surface area contributed by atoms with Gasteiger partial charge in [0.1, 0.15) is 5.82 Å². The van der Waals surface area contributed by atoms with Gasteiger partial charge < -0.3 is 14.8 Å². The van der Waals surface area contributed by atoms with Gasteiger partial charge in [0.2, 0.25) is 0 Å². The van der Waals surface area contributed by atoms with Crippen molar-refractivity contribution in [3.63, 3.8) is 0 Å². The zero-order valence-corrected chi connectivity index (χ0v) is 11.5. The predicted molar refractivity (Wildman–Crippen MR) is 70.2 cm³/mol. The molecule has 1 fully saturated rings. The lowest BCUT2D eigenvalue weighted by molar-refractivity contribution is 0.374. The van der Waals surface area contributed by atoms with Gasteiger partial charge in [-0.05, 0) is 47.3 Å². The summed E-state index contributed by atoms with van der Waals surface area (Å²) in [5.41, 5.74) is 2.49. The summed E-state index contributed by atoms with van der Waals surface area (Å²) in [6.07, 6.45) is 2.49. The number of aromatic nitrogens is 2. The highest BCUT2D eigenvalue weighted by molar-refractivity contribution is 5.17. The zero-order chi connectivity index (χ0) is 12.4. The van der Waals surface area contributed by atoms with E-state index >= 15 is 0 Å². The van der Waals surface area contributed by atoms with E-state index in [1.165, 1.54) is 30.1 Å². The van der Waals surface area contributed by atoms with Crippen LogP contribution >= 0.6 is 0 Å². The van der Waals surface area contributed by atoms with Crippen molar-refractivity contribution in [1.29, 1.82) is 0 Å². The summed E-state index contributed by atoms with van der Waals surface area (Å²) in [7, 11) is 4.24. The Morgan fingerprint density at radius 2 is 2.18 bits per heavy atom. The van der Waals surface area contributed by atoms with Gasteiger partial charge in [-0.15, -0.1) is 0 Å². The van der Waals surface area contributed by atoms with Crippen molar-refractivity contribution in [3.8, 4) is 0 Å². The third kappa shape index (κ3) is 2.69. The lowest BCUT2D eigenvalue weighted by Crippen LogP contribution is -2.23. The van der Waals surface area contributed by atoms with Gasteiger partial charge in [0.25, 0.3) is 0 Å². The minimum atomic E-state index is 0.463. The molecule has 1 aliphatic rings. The van der Waals surface area contributed by atoms with Crippen LogP contribution in [0.1, 0.15) is 36.1 Å². The summed E-state index contributed by atoms with van der Waals surface area (Å²) in [5.74, 6) is 1.24. The van der Waals surface area contributed by atoms with E-state index in [1.807, 2.05) is 0 Å². The van der Waals surface area contributed by atoms with Crippen molar-refractivity contribution in [1.82, 2.24) is 19.8 Å². The molecule has 96 valence electrons. The number of rotatable bonds is 4. The zero-order valence-electron chi connectivity index (χ0n) is 11.5.